The monoisotopic (exact) mass is 274 g/mol. The van der Waals surface area contributed by atoms with Gasteiger partial charge in [-0.25, -0.2) is 0 Å². The molecule has 1 amide bonds. The van der Waals surface area contributed by atoms with E-state index < -0.39 is 0 Å². The molecule has 0 aromatic heterocycles. The number of nitrogens with two attached hydrogens (primary N) is 1. The fourth-order valence-electron chi connectivity index (χ4n) is 3.23. The lowest BCUT2D eigenvalue weighted by atomic mass is 9.95. The number of nitrogens with zero attached hydrogens (tertiary/aromatic N) is 1. The van der Waals surface area contributed by atoms with Gasteiger partial charge in [-0.3, -0.25) is 4.79 Å². The Balaban J connectivity index is 1.83. The van der Waals surface area contributed by atoms with E-state index in [1.807, 2.05) is 30.0 Å². The fourth-order valence-corrected chi connectivity index (χ4v) is 3.23. The van der Waals surface area contributed by atoms with Crippen LogP contribution in [0.4, 0.5) is 0 Å². The summed E-state index contributed by atoms with van der Waals surface area (Å²) in [4.78, 5) is 14.7. The maximum atomic E-state index is 12.7. The summed E-state index contributed by atoms with van der Waals surface area (Å²) in [6.45, 7) is 4.09. The molecule has 0 bridgehead atoms. The molecule has 1 aromatic rings. The van der Waals surface area contributed by atoms with E-state index in [4.69, 9.17) is 10.5 Å². The number of benzene rings is 1. The first kappa shape index (κ1) is 13.6. The van der Waals surface area contributed by atoms with Crippen molar-refractivity contribution in [2.45, 2.75) is 51.5 Å². The standard InChI is InChI=1S/C16H22N2O2/c1-11(17)15-4-2-3-7-18(15)16(19)12-5-6-13-9-20-10-14(13)8-12/h5-6,8,11,15H,2-4,7,9-10,17H2,1H3. The third-order valence-electron chi connectivity index (χ3n) is 4.39. The Kier molecular flexibility index (Phi) is 3.76. The van der Waals surface area contributed by atoms with E-state index in [1.54, 1.807) is 0 Å². The molecule has 0 saturated carbocycles. The molecule has 20 heavy (non-hydrogen) atoms. The first-order valence-corrected chi connectivity index (χ1v) is 7.43. The van der Waals surface area contributed by atoms with Crippen molar-refractivity contribution in [2.75, 3.05) is 6.54 Å². The van der Waals surface area contributed by atoms with Crippen LogP contribution in [-0.4, -0.2) is 29.4 Å². The number of amides is 1. The van der Waals surface area contributed by atoms with Crippen LogP contribution in [0.2, 0.25) is 0 Å². The van der Waals surface area contributed by atoms with Crippen molar-refractivity contribution in [3.63, 3.8) is 0 Å². The van der Waals surface area contributed by atoms with Crippen LogP contribution in [-0.2, 0) is 18.0 Å². The Morgan fingerprint density at radius 3 is 2.95 bits per heavy atom. The van der Waals surface area contributed by atoms with Gasteiger partial charge in [-0.2, -0.15) is 0 Å². The quantitative estimate of drug-likeness (QED) is 0.898. The first-order valence-electron chi connectivity index (χ1n) is 7.43. The third-order valence-corrected chi connectivity index (χ3v) is 4.39. The van der Waals surface area contributed by atoms with E-state index in [-0.39, 0.29) is 18.0 Å². The Morgan fingerprint density at radius 2 is 2.15 bits per heavy atom. The second-order valence-electron chi connectivity index (χ2n) is 5.90. The lowest BCUT2D eigenvalue weighted by Gasteiger charge is -2.38. The molecular formula is C16H22N2O2. The van der Waals surface area contributed by atoms with Crippen LogP contribution >= 0.6 is 0 Å². The van der Waals surface area contributed by atoms with Gasteiger partial charge in [0.1, 0.15) is 0 Å². The molecule has 2 aliphatic rings. The van der Waals surface area contributed by atoms with Crippen molar-refractivity contribution in [3.05, 3.63) is 34.9 Å². The summed E-state index contributed by atoms with van der Waals surface area (Å²) >= 11 is 0. The van der Waals surface area contributed by atoms with Gasteiger partial charge in [-0.1, -0.05) is 6.07 Å². The van der Waals surface area contributed by atoms with Gasteiger partial charge in [0, 0.05) is 24.2 Å². The second-order valence-corrected chi connectivity index (χ2v) is 5.90. The summed E-state index contributed by atoms with van der Waals surface area (Å²) in [5, 5.41) is 0. The van der Waals surface area contributed by atoms with Crippen LogP contribution in [0.3, 0.4) is 0 Å². The molecule has 4 nitrogen and oxygen atoms in total. The van der Waals surface area contributed by atoms with Gasteiger partial charge in [-0.15, -0.1) is 0 Å². The molecule has 0 spiro atoms. The Labute approximate surface area is 119 Å². The van der Waals surface area contributed by atoms with E-state index in [2.05, 4.69) is 0 Å². The number of carbonyl (C=O) groups excluding carboxylic acids is 1. The van der Waals surface area contributed by atoms with Gasteiger partial charge >= 0.3 is 0 Å². The topological polar surface area (TPSA) is 55.6 Å². The molecule has 2 heterocycles. The van der Waals surface area contributed by atoms with Crippen molar-refractivity contribution in [1.29, 1.82) is 0 Å². The number of fused-ring (bicyclic) bond motifs is 1. The van der Waals surface area contributed by atoms with E-state index in [9.17, 15) is 4.79 Å². The van der Waals surface area contributed by atoms with Crippen LogP contribution in [0.1, 0.15) is 47.7 Å². The summed E-state index contributed by atoms with van der Waals surface area (Å²) < 4.78 is 5.41. The van der Waals surface area contributed by atoms with Crippen LogP contribution in [0.25, 0.3) is 0 Å². The second kappa shape index (κ2) is 5.54. The Hall–Kier alpha value is -1.39. The fraction of sp³-hybridized carbons (Fsp3) is 0.562. The summed E-state index contributed by atoms with van der Waals surface area (Å²) in [7, 11) is 0. The minimum Gasteiger partial charge on any atom is -0.372 e. The Morgan fingerprint density at radius 1 is 1.35 bits per heavy atom. The third kappa shape index (κ3) is 2.45. The molecule has 1 saturated heterocycles. The molecule has 3 rings (SSSR count). The average molecular weight is 274 g/mol. The van der Waals surface area contributed by atoms with Crippen molar-refractivity contribution in [1.82, 2.24) is 4.90 Å². The maximum absolute atomic E-state index is 12.7. The first-order chi connectivity index (χ1) is 9.66. The number of ether oxygens (including phenoxy) is 1. The SMILES string of the molecule is CC(N)C1CCCCN1C(=O)c1ccc2c(c1)COC2. The predicted octanol–water partition coefficient (Wildman–Crippen LogP) is 2.06. The van der Waals surface area contributed by atoms with E-state index in [1.165, 1.54) is 5.56 Å². The van der Waals surface area contributed by atoms with Crippen molar-refractivity contribution in [3.8, 4) is 0 Å². The number of rotatable bonds is 2. The Bertz CT molecular complexity index is 513. The summed E-state index contributed by atoms with van der Waals surface area (Å²) in [6, 6.07) is 6.11. The molecule has 2 unspecified atom stereocenters. The van der Waals surface area contributed by atoms with Gasteiger partial charge in [-0.05, 0) is 49.4 Å². The lowest BCUT2D eigenvalue weighted by molar-refractivity contribution is 0.0583. The number of hydrogen-bond acceptors (Lipinski definition) is 3. The van der Waals surface area contributed by atoms with Gasteiger partial charge in [0.05, 0.1) is 13.2 Å². The van der Waals surface area contributed by atoms with E-state index in [0.29, 0.717) is 13.2 Å². The zero-order chi connectivity index (χ0) is 14.1. The molecule has 0 aliphatic carbocycles. The lowest BCUT2D eigenvalue weighted by Crippen LogP contribution is -2.51. The van der Waals surface area contributed by atoms with Gasteiger partial charge in [0.15, 0.2) is 0 Å². The van der Waals surface area contributed by atoms with Crippen LogP contribution in [0.5, 0.6) is 0 Å². The predicted molar refractivity (Wildman–Crippen MR) is 77.3 cm³/mol. The number of likely N-dealkylation sites (tertiary alicyclic amines) is 1. The molecule has 2 atom stereocenters. The smallest absolute Gasteiger partial charge is 0.254 e. The highest BCUT2D eigenvalue weighted by Gasteiger charge is 2.30. The largest absolute Gasteiger partial charge is 0.372 e. The summed E-state index contributed by atoms with van der Waals surface area (Å²) in [5.41, 5.74) is 9.16. The highest BCUT2D eigenvalue weighted by atomic mass is 16.5. The maximum Gasteiger partial charge on any atom is 0.254 e. The van der Waals surface area contributed by atoms with Crippen molar-refractivity contribution in [2.24, 2.45) is 5.73 Å². The molecule has 1 aromatic carbocycles. The summed E-state index contributed by atoms with van der Waals surface area (Å²) in [6.07, 6.45) is 3.24. The van der Waals surface area contributed by atoms with Crippen molar-refractivity contribution < 1.29 is 9.53 Å². The minimum atomic E-state index is 0.0250. The molecule has 1 fully saturated rings. The molecule has 2 N–H and O–H groups in total. The molecular weight excluding hydrogens is 252 g/mol. The normalized spacial score (nSPS) is 23.5. The highest BCUT2D eigenvalue weighted by Crippen LogP contribution is 2.25. The zero-order valence-electron chi connectivity index (χ0n) is 12.0. The number of hydrogen-bond donors (Lipinski definition) is 1. The minimum absolute atomic E-state index is 0.0250. The molecule has 4 heteroatoms. The van der Waals surface area contributed by atoms with Crippen molar-refractivity contribution >= 4 is 5.91 Å². The van der Waals surface area contributed by atoms with E-state index >= 15 is 0 Å². The van der Waals surface area contributed by atoms with Crippen LogP contribution in [0, 0.1) is 0 Å². The average Bonchev–Trinajstić information content (AvgIpc) is 2.93. The number of carbonyl (C=O) groups is 1. The molecule has 0 radical (unpaired) electrons. The summed E-state index contributed by atoms with van der Waals surface area (Å²) in [5.74, 6) is 0.113. The molecule has 2 aliphatic heterocycles. The molecule has 108 valence electrons. The van der Waals surface area contributed by atoms with Gasteiger partial charge < -0.3 is 15.4 Å². The van der Waals surface area contributed by atoms with E-state index in [0.717, 1.165) is 36.9 Å². The number of piperidine rings is 1. The highest BCUT2D eigenvalue weighted by molar-refractivity contribution is 5.94. The van der Waals surface area contributed by atoms with Crippen LogP contribution in [0.15, 0.2) is 18.2 Å². The van der Waals surface area contributed by atoms with Crippen LogP contribution < -0.4 is 5.73 Å². The zero-order valence-corrected chi connectivity index (χ0v) is 12.0. The van der Waals surface area contributed by atoms with Gasteiger partial charge in [0.25, 0.3) is 5.91 Å². The van der Waals surface area contributed by atoms with Gasteiger partial charge in [0.2, 0.25) is 0 Å².